The molecule has 1 aromatic carbocycles. The lowest BCUT2D eigenvalue weighted by atomic mass is 9.97. The molecule has 34 heavy (non-hydrogen) atoms. The molecule has 4 rings (SSSR count). The second-order valence-electron chi connectivity index (χ2n) is 9.81. The molecule has 2 aromatic heterocycles. The number of hydrogen-bond donors (Lipinski definition) is 1. The molecule has 1 fully saturated rings. The number of nitrogens with one attached hydrogen (secondary N) is 1. The van der Waals surface area contributed by atoms with E-state index in [2.05, 4.69) is 28.3 Å². The zero-order chi connectivity index (χ0) is 24.8. The van der Waals surface area contributed by atoms with Crippen molar-refractivity contribution in [2.45, 2.75) is 46.1 Å². The number of likely N-dealkylation sites (tertiary alicyclic amines) is 1. The number of anilines is 2. The van der Waals surface area contributed by atoms with E-state index in [1.165, 1.54) is 0 Å². The van der Waals surface area contributed by atoms with Gasteiger partial charge in [0.05, 0.1) is 23.0 Å². The Morgan fingerprint density at radius 2 is 1.91 bits per heavy atom. The van der Waals surface area contributed by atoms with Crippen molar-refractivity contribution in [2.75, 3.05) is 36.5 Å². The van der Waals surface area contributed by atoms with Crippen molar-refractivity contribution >= 4 is 44.2 Å². The third-order valence-electron chi connectivity index (χ3n) is 6.36. The van der Waals surface area contributed by atoms with E-state index in [4.69, 9.17) is 10.1 Å². The van der Waals surface area contributed by atoms with Gasteiger partial charge in [-0.15, -0.1) is 9.39 Å². The van der Waals surface area contributed by atoms with Crippen LogP contribution in [0.2, 0.25) is 0 Å². The van der Waals surface area contributed by atoms with Gasteiger partial charge in [0.2, 0.25) is 0 Å². The van der Waals surface area contributed by atoms with Gasteiger partial charge in [0.25, 0.3) is 5.91 Å². The van der Waals surface area contributed by atoms with Gasteiger partial charge in [-0.1, -0.05) is 23.4 Å². The van der Waals surface area contributed by atoms with Gasteiger partial charge in [-0.2, -0.15) is 9.61 Å². The van der Waals surface area contributed by atoms with Crippen molar-refractivity contribution in [3.8, 4) is 0 Å². The minimum Gasteiger partial charge on any atom is -0.362 e. The molecule has 3 heterocycles. The van der Waals surface area contributed by atoms with Crippen LogP contribution >= 0.6 is 9.39 Å². The molecule has 0 aliphatic carbocycles. The second kappa shape index (κ2) is 8.98. The lowest BCUT2D eigenvalue weighted by Gasteiger charge is -2.35. The summed E-state index contributed by atoms with van der Waals surface area (Å²) in [6, 6.07) is 7.89. The molecule has 0 saturated carbocycles. The maximum Gasteiger partial charge on any atom is 0.256 e. The third kappa shape index (κ3) is 4.64. The molecule has 1 amide bonds. The van der Waals surface area contributed by atoms with Gasteiger partial charge in [-0.25, -0.2) is 4.98 Å². The summed E-state index contributed by atoms with van der Waals surface area (Å²) in [5, 5.41) is 4.97. The Balaban J connectivity index is 1.78. The van der Waals surface area contributed by atoms with E-state index in [1.807, 2.05) is 67.9 Å². The van der Waals surface area contributed by atoms with Crippen LogP contribution in [-0.4, -0.2) is 64.0 Å². The molecule has 0 radical (unpaired) electrons. The number of aryl methyl sites for hydroxylation is 2. The van der Waals surface area contributed by atoms with Crippen LogP contribution in [0.15, 0.2) is 24.3 Å². The lowest BCUT2D eigenvalue weighted by molar-refractivity contribution is 0.0606. The normalized spacial score (nSPS) is 16.6. The Bertz CT molecular complexity index is 1360. The first-order valence-corrected chi connectivity index (χ1v) is 14.0. The number of nitrogens with zero attached hydrogens (tertiary/aromatic N) is 5. The van der Waals surface area contributed by atoms with Crippen LogP contribution in [0.5, 0.6) is 0 Å². The quantitative estimate of drug-likeness (QED) is 0.536. The van der Waals surface area contributed by atoms with E-state index in [9.17, 15) is 4.79 Å². The number of aromatic nitrogens is 3. The number of carbonyl (C=O) groups is 1. The highest BCUT2D eigenvalue weighted by Gasteiger charge is 2.32. The summed E-state index contributed by atoms with van der Waals surface area (Å²) in [6.07, 6.45) is 4.90. The summed E-state index contributed by atoms with van der Waals surface area (Å²) in [6.45, 7) is 6.81. The van der Waals surface area contributed by atoms with Gasteiger partial charge in [-0.3, -0.25) is 4.79 Å². The van der Waals surface area contributed by atoms with Crippen molar-refractivity contribution in [1.82, 2.24) is 19.5 Å². The largest absolute Gasteiger partial charge is 0.362 e. The van der Waals surface area contributed by atoms with Crippen molar-refractivity contribution in [3.63, 3.8) is 0 Å². The summed E-state index contributed by atoms with van der Waals surface area (Å²) in [7, 11) is 2.51. The van der Waals surface area contributed by atoms with Crippen LogP contribution in [0.3, 0.4) is 0 Å². The van der Waals surface area contributed by atoms with Gasteiger partial charge >= 0.3 is 0 Å². The molecule has 8 heteroatoms. The molecule has 1 saturated heterocycles. The number of fused-ring (bicyclic) bond motifs is 1. The summed E-state index contributed by atoms with van der Waals surface area (Å²) in [4.78, 5) is 22.8. The first kappa shape index (κ1) is 24.1. The SMILES string of the molecule is C=S(=C)(C)Nc1ccc(C)cc1C(=O)N1CCCC[C@H]1c1cc2nc(C)c(C)c(N(C)C)n2n1. The monoisotopic (exact) mass is 480 g/mol. The zero-order valence-corrected chi connectivity index (χ0v) is 22.0. The third-order valence-corrected chi connectivity index (χ3v) is 7.07. The van der Waals surface area contributed by atoms with Crippen LogP contribution in [-0.2, 0) is 0 Å². The van der Waals surface area contributed by atoms with Gasteiger partial charge in [0, 0.05) is 38.0 Å². The number of rotatable bonds is 5. The van der Waals surface area contributed by atoms with E-state index in [1.54, 1.807) is 0 Å². The smallest absolute Gasteiger partial charge is 0.256 e. The van der Waals surface area contributed by atoms with E-state index < -0.39 is 9.39 Å². The maximum absolute atomic E-state index is 13.9. The number of piperidine rings is 1. The molecule has 0 bridgehead atoms. The number of benzene rings is 1. The molecule has 7 nitrogen and oxygen atoms in total. The standard InChI is InChI=1S/C26H36N6OS/c1-17-12-13-21(29-34(6,7)8)20(15-17)26(33)31-14-10-9-11-23(31)22-16-24-27-19(3)18(2)25(30(4)5)32(24)28-22/h12-13,15-16,23,29H,6-7,9-11,14H2,1-5,8H3/t23-/m0/s1. The topological polar surface area (TPSA) is 65.8 Å². The molecule has 1 N–H and O–H groups in total. The van der Waals surface area contributed by atoms with Crippen LogP contribution in [0, 0.1) is 20.8 Å². The van der Waals surface area contributed by atoms with E-state index >= 15 is 0 Å². The molecular weight excluding hydrogens is 444 g/mol. The molecule has 0 spiro atoms. The number of hydrogen-bond acceptors (Lipinski definition) is 5. The van der Waals surface area contributed by atoms with Crippen molar-refractivity contribution in [2.24, 2.45) is 0 Å². The van der Waals surface area contributed by atoms with Gasteiger partial charge in [0.15, 0.2) is 5.65 Å². The average molecular weight is 481 g/mol. The summed E-state index contributed by atoms with van der Waals surface area (Å²) in [5.41, 5.74) is 6.30. The average Bonchev–Trinajstić information content (AvgIpc) is 3.17. The minimum absolute atomic E-state index is 0.0183. The first-order chi connectivity index (χ1) is 16.0. The van der Waals surface area contributed by atoms with Crippen LogP contribution in [0.25, 0.3) is 5.65 Å². The maximum atomic E-state index is 13.9. The molecule has 1 atom stereocenters. The predicted molar refractivity (Wildman–Crippen MR) is 147 cm³/mol. The van der Waals surface area contributed by atoms with Crippen molar-refractivity contribution < 1.29 is 4.79 Å². The first-order valence-electron chi connectivity index (χ1n) is 11.6. The summed E-state index contributed by atoms with van der Waals surface area (Å²) in [5.74, 6) is 9.31. The van der Waals surface area contributed by atoms with Gasteiger partial charge in [-0.05, 0) is 58.4 Å². The van der Waals surface area contributed by atoms with Crippen molar-refractivity contribution in [1.29, 1.82) is 0 Å². The fraction of sp³-hybridized carbons (Fsp3) is 0.423. The highest BCUT2D eigenvalue weighted by atomic mass is 32.2. The van der Waals surface area contributed by atoms with Crippen molar-refractivity contribution in [3.05, 3.63) is 52.3 Å². The lowest BCUT2D eigenvalue weighted by Crippen LogP contribution is -2.39. The summed E-state index contributed by atoms with van der Waals surface area (Å²) >= 11 is 0. The Labute approximate surface area is 203 Å². The second-order valence-corrected chi connectivity index (χ2v) is 12.6. The van der Waals surface area contributed by atoms with Crippen LogP contribution in [0.1, 0.15) is 58.2 Å². The number of amides is 1. The van der Waals surface area contributed by atoms with E-state index in [0.29, 0.717) is 12.1 Å². The Morgan fingerprint density at radius 1 is 1.18 bits per heavy atom. The molecule has 1 aliphatic heterocycles. The van der Waals surface area contributed by atoms with Gasteiger partial charge < -0.3 is 14.5 Å². The van der Waals surface area contributed by atoms with Gasteiger partial charge in [0.1, 0.15) is 5.82 Å². The Hall–Kier alpha value is -3.00. The van der Waals surface area contributed by atoms with E-state index in [-0.39, 0.29) is 11.9 Å². The number of carbonyl (C=O) groups excluding carboxylic acids is 1. The molecular formula is C26H36N6OS. The Morgan fingerprint density at radius 3 is 2.59 bits per heavy atom. The zero-order valence-electron chi connectivity index (χ0n) is 21.2. The highest BCUT2D eigenvalue weighted by molar-refractivity contribution is 8.28. The van der Waals surface area contributed by atoms with E-state index in [0.717, 1.165) is 58.9 Å². The molecule has 1 aliphatic rings. The molecule has 3 aromatic rings. The predicted octanol–water partition coefficient (Wildman–Crippen LogP) is 4.71. The van der Waals surface area contributed by atoms with Crippen LogP contribution < -0.4 is 9.62 Å². The minimum atomic E-state index is -1.53. The fourth-order valence-electron chi connectivity index (χ4n) is 4.71. The highest BCUT2D eigenvalue weighted by Crippen LogP contribution is 2.35. The van der Waals surface area contributed by atoms with Crippen LogP contribution in [0.4, 0.5) is 11.5 Å². The molecule has 0 unspecified atom stereocenters. The summed E-state index contributed by atoms with van der Waals surface area (Å²) < 4.78 is 5.30. The molecule has 182 valence electrons. The Kier molecular flexibility index (Phi) is 6.38. The fourth-order valence-corrected chi connectivity index (χ4v) is 5.42.